The van der Waals surface area contributed by atoms with Crippen LogP contribution in [0.1, 0.15) is 35.4 Å². The van der Waals surface area contributed by atoms with Crippen molar-refractivity contribution in [1.29, 1.82) is 5.26 Å². The van der Waals surface area contributed by atoms with Crippen LogP contribution >= 0.6 is 0 Å². The molecule has 11 heteroatoms. The Labute approximate surface area is 243 Å². The summed E-state index contributed by atoms with van der Waals surface area (Å²) >= 11 is 0. The summed E-state index contributed by atoms with van der Waals surface area (Å²) in [5.74, 6) is 1.77. The van der Waals surface area contributed by atoms with Crippen LogP contribution in [0.3, 0.4) is 0 Å². The van der Waals surface area contributed by atoms with Crippen LogP contribution in [-0.2, 0) is 27.9 Å². The molecule has 218 valence electrons. The molecule has 0 spiro atoms. The second-order valence-electron chi connectivity index (χ2n) is 10.1. The Hall–Kier alpha value is -3.24. The molecule has 10 nitrogen and oxygen atoms in total. The molecule has 3 N–H and O–H groups in total. The van der Waals surface area contributed by atoms with E-state index < -0.39 is 11.0 Å². The number of hydrogen-bond donors (Lipinski definition) is 1. The molecule has 2 saturated heterocycles. The average molecular weight is 580 g/mol. The first kappa shape index (κ1) is 30.7. The third-order valence-electron chi connectivity index (χ3n) is 7.27. The lowest BCUT2D eigenvalue weighted by molar-refractivity contribution is 0.0254. The molecule has 2 fully saturated rings. The largest absolute Gasteiger partial charge is 0.489 e. The minimum Gasteiger partial charge on any atom is -0.489 e. The Morgan fingerprint density at radius 2 is 1.78 bits per heavy atom. The number of nitrogens with zero attached hydrogens (tertiary/aromatic N) is 5. The van der Waals surface area contributed by atoms with Gasteiger partial charge in [0.1, 0.15) is 23.7 Å². The summed E-state index contributed by atoms with van der Waals surface area (Å²) in [7, 11) is -1.07. The number of nitriles is 1. The van der Waals surface area contributed by atoms with Crippen LogP contribution in [0.2, 0.25) is 0 Å². The van der Waals surface area contributed by atoms with Gasteiger partial charge < -0.3 is 20.1 Å². The standard InChI is InChI=1S/C30H35N5O4S.H2O/c31-21-26-20-25(5-6-29(26)39-27-8-17-38-18-9-27)28-7-10-32-30(33-28)19-23-1-3-24(4-2-23)22-40(37)35-13-11-34(12-14-35)15-16-36;/h1-7,10,20,27,36H,8-9,11-19,22H2;1H2. The highest BCUT2D eigenvalue weighted by molar-refractivity contribution is 7.81. The summed E-state index contributed by atoms with van der Waals surface area (Å²) in [6.07, 6.45) is 4.03. The first-order valence-corrected chi connectivity index (χ1v) is 15.0. The van der Waals surface area contributed by atoms with Crippen molar-refractivity contribution in [3.63, 3.8) is 0 Å². The normalized spacial score (nSPS) is 17.4. The van der Waals surface area contributed by atoms with E-state index in [0.717, 1.165) is 61.4 Å². The number of rotatable bonds is 10. The number of β-amino-alcohol motifs (C(OH)–C–C–N with tert-alkyl or cyclic N) is 1. The topological polar surface area (TPSA) is 143 Å². The van der Waals surface area contributed by atoms with Gasteiger partial charge in [0.15, 0.2) is 0 Å². The van der Waals surface area contributed by atoms with E-state index in [4.69, 9.17) is 19.6 Å². The van der Waals surface area contributed by atoms with Crippen LogP contribution in [0, 0.1) is 11.3 Å². The van der Waals surface area contributed by atoms with Crippen molar-refractivity contribution in [2.75, 3.05) is 52.5 Å². The van der Waals surface area contributed by atoms with Crippen molar-refractivity contribution in [3.8, 4) is 23.1 Å². The number of aliphatic hydroxyl groups is 1. The van der Waals surface area contributed by atoms with Crippen LogP contribution in [0.5, 0.6) is 5.75 Å². The number of aliphatic hydroxyl groups excluding tert-OH is 1. The second-order valence-corrected chi connectivity index (χ2v) is 11.5. The van der Waals surface area contributed by atoms with E-state index in [9.17, 15) is 9.47 Å². The summed E-state index contributed by atoms with van der Waals surface area (Å²) in [5.41, 5.74) is 4.19. The average Bonchev–Trinajstić information content (AvgIpc) is 2.99. The molecule has 3 aromatic rings. The monoisotopic (exact) mass is 579 g/mol. The van der Waals surface area contributed by atoms with Gasteiger partial charge >= 0.3 is 0 Å². The first-order chi connectivity index (χ1) is 19.6. The smallest absolute Gasteiger partial charge is 0.137 e. The molecule has 1 aromatic heterocycles. The molecule has 2 aromatic carbocycles. The summed E-state index contributed by atoms with van der Waals surface area (Å²) in [6, 6.07) is 17.8. The molecule has 2 aliphatic heterocycles. The molecule has 0 bridgehead atoms. The maximum Gasteiger partial charge on any atom is 0.137 e. The van der Waals surface area contributed by atoms with Crippen molar-refractivity contribution in [1.82, 2.24) is 19.2 Å². The van der Waals surface area contributed by atoms with Gasteiger partial charge in [0.2, 0.25) is 0 Å². The molecule has 0 radical (unpaired) electrons. The molecule has 5 rings (SSSR count). The van der Waals surface area contributed by atoms with Crippen molar-refractivity contribution in [2.45, 2.75) is 31.1 Å². The first-order valence-electron chi connectivity index (χ1n) is 13.8. The van der Waals surface area contributed by atoms with Crippen LogP contribution < -0.4 is 4.74 Å². The maximum absolute atomic E-state index is 12.9. The zero-order valence-corrected chi connectivity index (χ0v) is 23.9. The molecule has 41 heavy (non-hydrogen) atoms. The molecular formula is C30H37N5O5S. The Bertz CT molecular complexity index is 1340. The predicted octanol–water partition coefficient (Wildman–Crippen LogP) is 2.11. The van der Waals surface area contributed by atoms with Crippen molar-refractivity contribution in [2.24, 2.45) is 0 Å². The van der Waals surface area contributed by atoms with E-state index in [1.807, 2.05) is 52.8 Å². The second kappa shape index (κ2) is 15.1. The maximum atomic E-state index is 12.9. The highest BCUT2D eigenvalue weighted by atomic mass is 32.2. The third-order valence-corrected chi connectivity index (χ3v) is 8.80. The number of benzene rings is 2. The summed E-state index contributed by atoms with van der Waals surface area (Å²) in [5, 5.41) is 18.8. The molecule has 3 heterocycles. The molecule has 1 atom stereocenters. The number of ether oxygens (including phenoxy) is 2. The summed E-state index contributed by atoms with van der Waals surface area (Å²) in [4.78, 5) is 11.4. The molecule has 1 unspecified atom stereocenters. The fraction of sp³-hybridized carbons (Fsp3) is 0.433. The highest BCUT2D eigenvalue weighted by Gasteiger charge is 2.21. The minimum absolute atomic E-state index is 0. The van der Waals surface area contributed by atoms with Gasteiger partial charge in [-0.2, -0.15) is 5.26 Å². The van der Waals surface area contributed by atoms with E-state index in [1.165, 1.54) is 0 Å². The van der Waals surface area contributed by atoms with Gasteiger partial charge in [-0.15, -0.1) is 0 Å². The molecule has 0 aliphatic carbocycles. The van der Waals surface area contributed by atoms with Crippen molar-refractivity contribution < 1.29 is 24.3 Å². The number of aromatic nitrogens is 2. The van der Waals surface area contributed by atoms with Crippen LogP contribution in [-0.4, -0.2) is 92.6 Å². The summed E-state index contributed by atoms with van der Waals surface area (Å²) < 4.78 is 26.4. The molecule has 0 amide bonds. The molecule has 0 saturated carbocycles. The van der Waals surface area contributed by atoms with Crippen molar-refractivity contribution in [3.05, 3.63) is 77.2 Å². The van der Waals surface area contributed by atoms with E-state index in [2.05, 4.69) is 16.0 Å². The summed E-state index contributed by atoms with van der Waals surface area (Å²) in [6.45, 7) is 5.36. The Morgan fingerprint density at radius 1 is 1.05 bits per heavy atom. The minimum atomic E-state index is -1.07. The highest BCUT2D eigenvalue weighted by Crippen LogP contribution is 2.27. The van der Waals surface area contributed by atoms with Crippen LogP contribution in [0.25, 0.3) is 11.3 Å². The van der Waals surface area contributed by atoms with E-state index in [-0.39, 0.29) is 18.2 Å². The Balaban J connectivity index is 0.00000387. The van der Waals surface area contributed by atoms with Crippen LogP contribution in [0.4, 0.5) is 0 Å². The molecular weight excluding hydrogens is 542 g/mol. The van der Waals surface area contributed by atoms with Gasteiger partial charge in [0.05, 0.1) is 47.8 Å². The zero-order chi connectivity index (χ0) is 27.7. The van der Waals surface area contributed by atoms with Gasteiger partial charge in [-0.1, -0.05) is 24.3 Å². The van der Waals surface area contributed by atoms with Gasteiger partial charge in [-0.05, 0) is 35.4 Å². The Morgan fingerprint density at radius 3 is 2.49 bits per heavy atom. The van der Waals surface area contributed by atoms with E-state index in [0.29, 0.717) is 49.1 Å². The lowest BCUT2D eigenvalue weighted by atomic mass is 10.1. The Kier molecular flexibility index (Phi) is 11.3. The third kappa shape index (κ3) is 8.39. The van der Waals surface area contributed by atoms with E-state index >= 15 is 0 Å². The van der Waals surface area contributed by atoms with Gasteiger partial charge in [0.25, 0.3) is 0 Å². The van der Waals surface area contributed by atoms with Crippen LogP contribution in [0.15, 0.2) is 54.7 Å². The van der Waals surface area contributed by atoms with Gasteiger partial charge in [-0.25, -0.2) is 18.5 Å². The number of hydrogen-bond acceptors (Lipinski definition) is 8. The van der Waals surface area contributed by atoms with Crippen molar-refractivity contribution >= 4 is 11.0 Å². The zero-order valence-electron chi connectivity index (χ0n) is 23.1. The lowest BCUT2D eigenvalue weighted by Gasteiger charge is -2.33. The lowest BCUT2D eigenvalue weighted by Crippen LogP contribution is -2.47. The SMILES string of the molecule is N#Cc1cc(-c2ccnc(Cc3ccc(CS(=O)N4CCN(CCO)CC4)cc3)n2)ccc1OC1CCOCC1.O. The van der Waals surface area contributed by atoms with Gasteiger partial charge in [-0.3, -0.25) is 4.90 Å². The molecule has 2 aliphatic rings. The number of piperazine rings is 1. The van der Waals surface area contributed by atoms with Gasteiger partial charge in [0, 0.05) is 63.7 Å². The fourth-order valence-corrected chi connectivity index (χ4v) is 6.20. The predicted molar refractivity (Wildman–Crippen MR) is 156 cm³/mol. The quantitative estimate of drug-likeness (QED) is 0.385. The fourth-order valence-electron chi connectivity index (χ4n) is 4.97. The van der Waals surface area contributed by atoms with E-state index in [1.54, 1.807) is 6.20 Å².